The van der Waals surface area contributed by atoms with E-state index in [2.05, 4.69) is 17.6 Å². The lowest BCUT2D eigenvalue weighted by molar-refractivity contribution is -0.138. The number of fused-ring (bicyclic) bond motifs is 1. The Balaban J connectivity index is 1.23. The maximum Gasteiger partial charge on any atom is 0.313 e. The van der Waals surface area contributed by atoms with Crippen molar-refractivity contribution >= 4 is 17.5 Å². The van der Waals surface area contributed by atoms with Gasteiger partial charge in [0.05, 0.1) is 0 Å². The summed E-state index contributed by atoms with van der Waals surface area (Å²) in [5.74, 6) is 2.48. The van der Waals surface area contributed by atoms with Gasteiger partial charge in [0.25, 0.3) is 0 Å². The van der Waals surface area contributed by atoms with E-state index in [1.165, 1.54) is 38.5 Å². The van der Waals surface area contributed by atoms with Crippen molar-refractivity contribution in [3.05, 3.63) is 18.2 Å². The fourth-order valence-corrected chi connectivity index (χ4v) is 6.29. The van der Waals surface area contributed by atoms with Gasteiger partial charge in [0, 0.05) is 17.8 Å². The highest BCUT2D eigenvalue weighted by molar-refractivity contribution is 6.39. The van der Waals surface area contributed by atoms with Crippen molar-refractivity contribution in [2.75, 3.05) is 12.1 Å². The Hall–Kier alpha value is -2.24. The van der Waals surface area contributed by atoms with Crippen LogP contribution in [-0.2, 0) is 9.59 Å². The molecule has 4 bridgehead atoms. The number of carbonyl (C=O) groups excluding carboxylic acids is 2. The molecule has 1 unspecified atom stereocenters. The molecule has 0 saturated heterocycles. The number of amides is 2. The highest BCUT2D eigenvalue weighted by atomic mass is 16.7. The Bertz CT molecular complexity index is 755. The monoisotopic (exact) mass is 370 g/mol. The summed E-state index contributed by atoms with van der Waals surface area (Å²) in [7, 11) is 0. The van der Waals surface area contributed by atoms with Crippen molar-refractivity contribution in [3.63, 3.8) is 0 Å². The summed E-state index contributed by atoms with van der Waals surface area (Å²) in [6, 6.07) is 5.14. The van der Waals surface area contributed by atoms with Crippen molar-refractivity contribution in [1.29, 1.82) is 0 Å². The van der Waals surface area contributed by atoms with Crippen molar-refractivity contribution in [1.82, 2.24) is 5.32 Å². The number of benzene rings is 1. The van der Waals surface area contributed by atoms with E-state index in [-0.39, 0.29) is 18.2 Å². The van der Waals surface area contributed by atoms with E-state index in [9.17, 15) is 9.59 Å². The zero-order valence-corrected chi connectivity index (χ0v) is 15.6. The number of hydrogen-bond acceptors (Lipinski definition) is 4. The molecule has 6 nitrogen and oxygen atoms in total. The van der Waals surface area contributed by atoms with Crippen LogP contribution in [0.25, 0.3) is 0 Å². The topological polar surface area (TPSA) is 76.7 Å². The molecule has 0 aromatic heterocycles. The third-order valence-electron chi connectivity index (χ3n) is 7.19. The molecule has 2 N–H and O–H groups in total. The second-order valence-corrected chi connectivity index (χ2v) is 9.00. The molecule has 4 fully saturated rings. The summed E-state index contributed by atoms with van der Waals surface area (Å²) in [5.41, 5.74) is 0.713. The van der Waals surface area contributed by atoms with Gasteiger partial charge in [-0.15, -0.1) is 0 Å². The Morgan fingerprint density at radius 3 is 2.30 bits per heavy atom. The highest BCUT2D eigenvalue weighted by Crippen LogP contribution is 2.61. The first kappa shape index (κ1) is 16.9. The lowest BCUT2D eigenvalue weighted by atomic mass is 9.48. The van der Waals surface area contributed by atoms with E-state index in [4.69, 9.17) is 9.47 Å². The Kier molecular flexibility index (Phi) is 3.85. The first-order valence-electron chi connectivity index (χ1n) is 10.0. The summed E-state index contributed by atoms with van der Waals surface area (Å²) in [5, 5.41) is 5.67. The van der Waals surface area contributed by atoms with Crippen LogP contribution in [0.5, 0.6) is 11.5 Å². The van der Waals surface area contributed by atoms with Gasteiger partial charge in [0.2, 0.25) is 6.79 Å². The molecule has 4 aliphatic carbocycles. The van der Waals surface area contributed by atoms with Crippen molar-refractivity contribution in [2.45, 2.75) is 51.5 Å². The smallest absolute Gasteiger partial charge is 0.313 e. The third kappa shape index (κ3) is 2.95. The maximum absolute atomic E-state index is 12.5. The van der Waals surface area contributed by atoms with Crippen LogP contribution in [0.15, 0.2) is 18.2 Å². The van der Waals surface area contributed by atoms with E-state index in [0.29, 0.717) is 17.2 Å². The molecule has 1 heterocycles. The van der Waals surface area contributed by atoms with E-state index in [0.717, 1.165) is 17.8 Å². The molecule has 1 atom stereocenters. The second-order valence-electron chi connectivity index (χ2n) is 9.00. The van der Waals surface area contributed by atoms with Gasteiger partial charge in [-0.3, -0.25) is 9.59 Å². The summed E-state index contributed by atoms with van der Waals surface area (Å²) in [4.78, 5) is 24.9. The van der Waals surface area contributed by atoms with E-state index in [1.807, 2.05) is 0 Å². The lowest BCUT2D eigenvalue weighted by Gasteiger charge is -2.59. The standard InChI is InChI=1S/C21H26N2O4/c1-12(21-8-13-4-14(9-21)6-15(5-13)10-21)22-19(24)20(25)23-16-2-3-17-18(7-16)27-11-26-17/h2-3,7,12-15H,4-6,8-11H2,1H3,(H,22,24)(H,23,25). The first-order valence-corrected chi connectivity index (χ1v) is 10.0. The van der Waals surface area contributed by atoms with Crippen LogP contribution in [-0.4, -0.2) is 24.6 Å². The van der Waals surface area contributed by atoms with Gasteiger partial charge >= 0.3 is 11.8 Å². The Morgan fingerprint density at radius 2 is 1.63 bits per heavy atom. The molecule has 6 heteroatoms. The normalized spacial score (nSPS) is 33.6. The molecule has 1 aliphatic heterocycles. The SMILES string of the molecule is CC(NC(=O)C(=O)Nc1ccc2c(c1)OCO2)C12CC3CC(CC(C3)C1)C2. The summed E-state index contributed by atoms with van der Waals surface area (Å²) >= 11 is 0. The van der Waals surface area contributed by atoms with Crippen molar-refractivity contribution in [2.24, 2.45) is 23.2 Å². The van der Waals surface area contributed by atoms with Crippen LogP contribution in [0, 0.1) is 23.2 Å². The molecule has 1 aromatic rings. The number of carbonyl (C=O) groups is 2. The molecule has 5 aliphatic rings. The van der Waals surface area contributed by atoms with E-state index >= 15 is 0 Å². The highest BCUT2D eigenvalue weighted by Gasteiger charge is 2.53. The average Bonchev–Trinajstić information content (AvgIpc) is 3.08. The fourth-order valence-electron chi connectivity index (χ4n) is 6.29. The molecular weight excluding hydrogens is 344 g/mol. The predicted molar refractivity (Wildman–Crippen MR) is 99.4 cm³/mol. The number of hydrogen-bond donors (Lipinski definition) is 2. The predicted octanol–water partition coefficient (Wildman–Crippen LogP) is 3.07. The minimum atomic E-state index is -0.634. The van der Waals surface area contributed by atoms with Crippen LogP contribution in [0.3, 0.4) is 0 Å². The largest absolute Gasteiger partial charge is 0.454 e. The van der Waals surface area contributed by atoms with Gasteiger partial charge < -0.3 is 20.1 Å². The summed E-state index contributed by atoms with van der Waals surface area (Å²) in [6.45, 7) is 2.26. The van der Waals surface area contributed by atoms with Crippen LogP contribution in [0.4, 0.5) is 5.69 Å². The minimum absolute atomic E-state index is 0.0286. The van der Waals surface area contributed by atoms with Crippen LogP contribution in [0.1, 0.15) is 45.4 Å². The molecule has 27 heavy (non-hydrogen) atoms. The molecule has 144 valence electrons. The van der Waals surface area contributed by atoms with Crippen molar-refractivity contribution in [3.8, 4) is 11.5 Å². The van der Waals surface area contributed by atoms with Crippen LogP contribution < -0.4 is 20.1 Å². The van der Waals surface area contributed by atoms with Crippen molar-refractivity contribution < 1.29 is 19.1 Å². The fraction of sp³-hybridized carbons (Fsp3) is 0.619. The zero-order chi connectivity index (χ0) is 18.6. The Labute approximate surface area is 159 Å². The first-order chi connectivity index (χ1) is 13.0. The molecule has 6 rings (SSSR count). The van der Waals surface area contributed by atoms with Gasteiger partial charge in [-0.1, -0.05) is 0 Å². The molecule has 0 spiro atoms. The van der Waals surface area contributed by atoms with Gasteiger partial charge in [-0.2, -0.15) is 0 Å². The van der Waals surface area contributed by atoms with E-state index in [1.54, 1.807) is 18.2 Å². The second kappa shape index (κ2) is 6.14. The van der Waals surface area contributed by atoms with E-state index < -0.39 is 11.8 Å². The van der Waals surface area contributed by atoms with Gasteiger partial charge in [-0.25, -0.2) is 0 Å². The molecule has 1 aromatic carbocycles. The van der Waals surface area contributed by atoms with Gasteiger partial charge in [0.1, 0.15) is 0 Å². The average molecular weight is 370 g/mol. The minimum Gasteiger partial charge on any atom is -0.454 e. The van der Waals surface area contributed by atoms with Crippen LogP contribution >= 0.6 is 0 Å². The maximum atomic E-state index is 12.5. The summed E-state index contributed by atoms with van der Waals surface area (Å²) < 4.78 is 10.6. The van der Waals surface area contributed by atoms with Gasteiger partial charge in [0.15, 0.2) is 11.5 Å². The quantitative estimate of drug-likeness (QED) is 0.802. The number of rotatable bonds is 3. The Morgan fingerprint density at radius 1 is 1.00 bits per heavy atom. The summed E-state index contributed by atoms with van der Waals surface area (Å²) in [6.07, 6.45) is 7.69. The molecule has 4 saturated carbocycles. The number of nitrogens with one attached hydrogen (secondary N) is 2. The lowest BCUT2D eigenvalue weighted by Crippen LogP contribution is -2.57. The molecular formula is C21H26N2O4. The number of anilines is 1. The molecule has 0 radical (unpaired) electrons. The molecule has 2 amide bonds. The number of ether oxygens (including phenoxy) is 2. The van der Waals surface area contributed by atoms with Gasteiger partial charge in [-0.05, 0) is 80.8 Å². The zero-order valence-electron chi connectivity index (χ0n) is 15.6. The van der Waals surface area contributed by atoms with Crippen LogP contribution in [0.2, 0.25) is 0 Å². The third-order valence-corrected chi connectivity index (χ3v) is 7.19.